The van der Waals surface area contributed by atoms with Crippen LogP contribution in [0.4, 0.5) is 0 Å². The summed E-state index contributed by atoms with van der Waals surface area (Å²) in [7, 11) is 0. The van der Waals surface area contributed by atoms with Crippen molar-refractivity contribution in [2.24, 2.45) is 0 Å². The molecule has 140 valence electrons. The first-order valence-corrected chi connectivity index (χ1v) is 9.96. The number of carbonyl (C=O) groups excluding carboxylic acids is 1. The van der Waals surface area contributed by atoms with E-state index in [2.05, 4.69) is 46.7 Å². The number of nitrogens with one attached hydrogen (secondary N) is 1. The number of aryl methyl sites for hydroxylation is 2. The standard InChI is InChI=1S/C21H23N3O2S/c1-4-16-9-11-17(12-10-16)15(3)22-19(25)13-27-21-24-23-20(26-21)18-8-6-5-7-14(18)2/h5-12,15H,4,13H2,1-3H3,(H,22,25). The minimum absolute atomic E-state index is 0.0470. The van der Waals surface area contributed by atoms with Crippen LogP contribution in [0.25, 0.3) is 11.5 Å². The molecule has 3 rings (SSSR count). The van der Waals surface area contributed by atoms with Crippen molar-refractivity contribution < 1.29 is 9.21 Å². The fourth-order valence-corrected chi connectivity index (χ4v) is 3.30. The van der Waals surface area contributed by atoms with Crippen LogP contribution in [0.15, 0.2) is 58.2 Å². The Morgan fingerprint density at radius 1 is 1.15 bits per heavy atom. The predicted octanol–water partition coefficient (Wildman–Crippen LogP) is 4.58. The lowest BCUT2D eigenvalue weighted by Gasteiger charge is -2.14. The fourth-order valence-electron chi connectivity index (χ4n) is 2.73. The molecule has 0 spiro atoms. The zero-order chi connectivity index (χ0) is 19.2. The minimum Gasteiger partial charge on any atom is -0.411 e. The number of aromatic nitrogens is 2. The van der Waals surface area contributed by atoms with Crippen LogP contribution in [-0.2, 0) is 11.2 Å². The van der Waals surface area contributed by atoms with Crippen LogP contribution in [0.1, 0.15) is 36.6 Å². The van der Waals surface area contributed by atoms with Gasteiger partial charge in [-0.2, -0.15) is 0 Å². The molecule has 6 heteroatoms. The van der Waals surface area contributed by atoms with Gasteiger partial charge in [0.1, 0.15) is 0 Å². The number of thioether (sulfide) groups is 1. The highest BCUT2D eigenvalue weighted by Gasteiger charge is 2.14. The van der Waals surface area contributed by atoms with E-state index in [4.69, 9.17) is 4.42 Å². The van der Waals surface area contributed by atoms with E-state index in [-0.39, 0.29) is 17.7 Å². The van der Waals surface area contributed by atoms with Gasteiger partial charge >= 0.3 is 0 Å². The lowest BCUT2D eigenvalue weighted by Crippen LogP contribution is -2.28. The van der Waals surface area contributed by atoms with E-state index in [0.29, 0.717) is 11.1 Å². The maximum atomic E-state index is 12.2. The Hall–Kier alpha value is -2.60. The van der Waals surface area contributed by atoms with Gasteiger partial charge in [0.25, 0.3) is 5.22 Å². The molecule has 5 nitrogen and oxygen atoms in total. The first kappa shape index (κ1) is 19.2. The Kier molecular flexibility index (Phi) is 6.29. The fraction of sp³-hybridized carbons (Fsp3) is 0.286. The van der Waals surface area contributed by atoms with Crippen LogP contribution in [-0.4, -0.2) is 21.9 Å². The average Bonchev–Trinajstić information content (AvgIpc) is 3.15. The number of amides is 1. The molecule has 1 heterocycles. The molecule has 0 radical (unpaired) electrons. The van der Waals surface area contributed by atoms with Gasteiger partial charge in [-0.1, -0.05) is 61.2 Å². The van der Waals surface area contributed by atoms with E-state index in [1.165, 1.54) is 17.3 Å². The van der Waals surface area contributed by atoms with Crippen LogP contribution >= 0.6 is 11.8 Å². The molecule has 1 aromatic heterocycles. The summed E-state index contributed by atoms with van der Waals surface area (Å²) in [6, 6.07) is 16.1. The second-order valence-electron chi connectivity index (χ2n) is 6.36. The summed E-state index contributed by atoms with van der Waals surface area (Å²) in [6.07, 6.45) is 1.01. The van der Waals surface area contributed by atoms with Crippen LogP contribution in [0, 0.1) is 6.92 Å². The molecule has 0 bridgehead atoms. The molecule has 0 fully saturated rings. The first-order valence-electron chi connectivity index (χ1n) is 8.97. The van der Waals surface area contributed by atoms with Crippen molar-refractivity contribution >= 4 is 17.7 Å². The van der Waals surface area contributed by atoms with Crippen LogP contribution in [0.2, 0.25) is 0 Å². The molecular formula is C21H23N3O2S. The molecule has 1 atom stereocenters. The van der Waals surface area contributed by atoms with E-state index < -0.39 is 0 Å². The van der Waals surface area contributed by atoms with Gasteiger partial charge < -0.3 is 9.73 Å². The number of hydrogen-bond donors (Lipinski definition) is 1. The molecule has 3 aromatic rings. The van der Waals surface area contributed by atoms with Crippen molar-refractivity contribution in [2.75, 3.05) is 5.75 Å². The molecular weight excluding hydrogens is 358 g/mol. The van der Waals surface area contributed by atoms with Gasteiger partial charge in [0.2, 0.25) is 11.8 Å². The maximum absolute atomic E-state index is 12.2. The molecule has 1 unspecified atom stereocenters. The number of rotatable bonds is 7. The van der Waals surface area contributed by atoms with E-state index in [1.54, 1.807) is 0 Å². The van der Waals surface area contributed by atoms with E-state index in [1.807, 2.05) is 38.1 Å². The lowest BCUT2D eigenvalue weighted by molar-refractivity contribution is -0.119. The Labute approximate surface area is 163 Å². The van der Waals surface area contributed by atoms with Gasteiger partial charge in [-0.15, -0.1) is 10.2 Å². The third kappa shape index (κ3) is 4.98. The first-order chi connectivity index (χ1) is 13.1. The van der Waals surface area contributed by atoms with Crippen molar-refractivity contribution in [3.05, 3.63) is 65.2 Å². The predicted molar refractivity (Wildman–Crippen MR) is 108 cm³/mol. The third-order valence-electron chi connectivity index (χ3n) is 4.37. The molecule has 2 aromatic carbocycles. The molecule has 0 saturated carbocycles. The van der Waals surface area contributed by atoms with Gasteiger partial charge in [-0.05, 0) is 43.0 Å². The summed E-state index contributed by atoms with van der Waals surface area (Å²) in [5.74, 6) is 0.635. The molecule has 0 aliphatic carbocycles. The molecule has 1 amide bonds. The van der Waals surface area contributed by atoms with Gasteiger partial charge in [-0.3, -0.25) is 4.79 Å². The topological polar surface area (TPSA) is 68.0 Å². The van der Waals surface area contributed by atoms with Gasteiger partial charge in [0.15, 0.2) is 0 Å². The second kappa shape index (κ2) is 8.86. The zero-order valence-corrected chi connectivity index (χ0v) is 16.5. The van der Waals surface area contributed by atoms with Crippen molar-refractivity contribution in [3.63, 3.8) is 0 Å². The highest BCUT2D eigenvalue weighted by molar-refractivity contribution is 7.99. The normalized spacial score (nSPS) is 12.0. The van der Waals surface area contributed by atoms with E-state index in [9.17, 15) is 4.79 Å². The summed E-state index contributed by atoms with van der Waals surface area (Å²) in [6.45, 7) is 6.10. The van der Waals surface area contributed by atoms with E-state index in [0.717, 1.165) is 23.1 Å². The van der Waals surface area contributed by atoms with Crippen molar-refractivity contribution in [1.29, 1.82) is 0 Å². The molecule has 1 N–H and O–H groups in total. The SMILES string of the molecule is CCc1ccc(C(C)NC(=O)CSc2nnc(-c3ccccc3C)o2)cc1. The van der Waals surface area contributed by atoms with Gasteiger partial charge in [0.05, 0.1) is 11.8 Å². The van der Waals surface area contributed by atoms with Crippen LogP contribution < -0.4 is 5.32 Å². The highest BCUT2D eigenvalue weighted by atomic mass is 32.2. The highest BCUT2D eigenvalue weighted by Crippen LogP contribution is 2.25. The number of hydrogen-bond acceptors (Lipinski definition) is 5. The van der Waals surface area contributed by atoms with Crippen LogP contribution in [0.3, 0.4) is 0 Å². The smallest absolute Gasteiger partial charge is 0.277 e. The summed E-state index contributed by atoms with van der Waals surface area (Å²) < 4.78 is 5.68. The Bertz CT molecular complexity index is 906. The zero-order valence-electron chi connectivity index (χ0n) is 15.7. The summed E-state index contributed by atoms with van der Waals surface area (Å²) >= 11 is 1.24. The lowest BCUT2D eigenvalue weighted by atomic mass is 10.1. The quantitative estimate of drug-likeness (QED) is 0.607. The molecule has 0 aliphatic rings. The number of carbonyl (C=O) groups is 1. The van der Waals surface area contributed by atoms with E-state index >= 15 is 0 Å². The Morgan fingerprint density at radius 3 is 2.59 bits per heavy atom. The third-order valence-corrected chi connectivity index (χ3v) is 5.19. The number of nitrogens with zero attached hydrogens (tertiary/aromatic N) is 2. The maximum Gasteiger partial charge on any atom is 0.277 e. The summed E-state index contributed by atoms with van der Waals surface area (Å²) in [5, 5.41) is 11.5. The summed E-state index contributed by atoms with van der Waals surface area (Å²) in [5.41, 5.74) is 4.35. The molecule has 27 heavy (non-hydrogen) atoms. The Balaban J connectivity index is 1.54. The summed E-state index contributed by atoms with van der Waals surface area (Å²) in [4.78, 5) is 12.2. The minimum atomic E-state index is -0.0669. The van der Waals surface area contributed by atoms with Crippen LogP contribution in [0.5, 0.6) is 0 Å². The van der Waals surface area contributed by atoms with Crippen molar-refractivity contribution in [3.8, 4) is 11.5 Å². The Morgan fingerprint density at radius 2 is 1.89 bits per heavy atom. The average molecular weight is 382 g/mol. The second-order valence-corrected chi connectivity index (χ2v) is 7.29. The van der Waals surface area contributed by atoms with Gasteiger partial charge in [-0.25, -0.2) is 0 Å². The van der Waals surface area contributed by atoms with Crippen molar-refractivity contribution in [1.82, 2.24) is 15.5 Å². The van der Waals surface area contributed by atoms with Gasteiger partial charge in [0, 0.05) is 5.56 Å². The van der Waals surface area contributed by atoms with Crippen molar-refractivity contribution in [2.45, 2.75) is 38.5 Å². The molecule has 0 aliphatic heterocycles. The monoisotopic (exact) mass is 381 g/mol. The largest absolute Gasteiger partial charge is 0.411 e. The molecule has 0 saturated heterocycles. The number of benzene rings is 2.